The van der Waals surface area contributed by atoms with Crippen LogP contribution >= 0.6 is 12.6 Å². The molecule has 72 valence electrons. The van der Waals surface area contributed by atoms with E-state index in [4.69, 9.17) is 0 Å². The first-order valence-electron chi connectivity index (χ1n) is 5.62. The van der Waals surface area contributed by atoms with E-state index in [-0.39, 0.29) is 0 Å². The lowest BCUT2D eigenvalue weighted by molar-refractivity contribution is 0.257. The molecule has 5 atom stereocenters. The lowest BCUT2D eigenvalue weighted by Gasteiger charge is -2.32. The molecule has 0 heterocycles. The average Bonchev–Trinajstić information content (AvgIpc) is 2.71. The van der Waals surface area contributed by atoms with E-state index in [1.165, 1.54) is 25.7 Å². The molecule has 3 fully saturated rings. The zero-order valence-corrected chi connectivity index (χ0v) is 8.97. The summed E-state index contributed by atoms with van der Waals surface area (Å²) in [5.74, 6) is 5.79. The Hall–Kier alpha value is 0.0900. The summed E-state index contributed by atoms with van der Waals surface area (Å²) < 4.78 is 0. The Labute approximate surface area is 86.2 Å². The maximum Gasteiger partial charge on any atom is -0.00294 e. The van der Waals surface area contributed by atoms with Crippen LogP contribution in [0.15, 0.2) is 12.2 Å². The third-order valence-corrected chi connectivity index (χ3v) is 5.28. The maximum absolute atomic E-state index is 4.48. The summed E-state index contributed by atoms with van der Waals surface area (Å²) in [5.41, 5.74) is 1.56. The fraction of sp³-hybridized carbons (Fsp3) is 0.833. The van der Waals surface area contributed by atoms with Crippen molar-refractivity contribution in [3.63, 3.8) is 0 Å². The molecule has 3 aliphatic rings. The van der Waals surface area contributed by atoms with E-state index in [2.05, 4.69) is 19.2 Å². The second-order valence-electron chi connectivity index (χ2n) is 5.13. The zero-order valence-electron chi connectivity index (χ0n) is 8.08. The summed E-state index contributed by atoms with van der Waals surface area (Å²) in [4.78, 5) is 0. The summed E-state index contributed by atoms with van der Waals surface area (Å²) in [7, 11) is 0. The van der Waals surface area contributed by atoms with Crippen molar-refractivity contribution in [1.29, 1.82) is 0 Å². The van der Waals surface area contributed by atoms with Gasteiger partial charge in [-0.2, -0.15) is 12.6 Å². The van der Waals surface area contributed by atoms with Crippen LogP contribution in [0.2, 0.25) is 0 Å². The monoisotopic (exact) mass is 194 g/mol. The summed E-state index contributed by atoms with van der Waals surface area (Å²) in [5, 5.41) is 0. The van der Waals surface area contributed by atoms with Crippen LogP contribution in [-0.4, -0.2) is 5.75 Å². The van der Waals surface area contributed by atoms with Gasteiger partial charge in [-0.05, 0) is 54.6 Å². The Kier molecular flexibility index (Phi) is 1.80. The predicted molar refractivity (Wildman–Crippen MR) is 58.9 cm³/mol. The Morgan fingerprint density at radius 2 is 2.00 bits per heavy atom. The van der Waals surface area contributed by atoms with Gasteiger partial charge in [0.2, 0.25) is 0 Å². The molecule has 0 aliphatic heterocycles. The van der Waals surface area contributed by atoms with Gasteiger partial charge in [-0.25, -0.2) is 0 Å². The van der Waals surface area contributed by atoms with Crippen molar-refractivity contribution in [1.82, 2.24) is 0 Å². The number of thiol groups is 1. The van der Waals surface area contributed by atoms with E-state index in [9.17, 15) is 0 Å². The minimum atomic E-state index is 0.771. The minimum absolute atomic E-state index is 0.771. The molecule has 0 aromatic carbocycles. The van der Waals surface area contributed by atoms with Crippen molar-refractivity contribution in [2.45, 2.75) is 25.7 Å². The fourth-order valence-electron chi connectivity index (χ4n) is 4.38. The van der Waals surface area contributed by atoms with Crippen LogP contribution in [0, 0.1) is 29.6 Å². The minimum Gasteiger partial charge on any atom is -0.179 e. The summed E-state index contributed by atoms with van der Waals surface area (Å²) in [6.45, 7) is 4.30. The van der Waals surface area contributed by atoms with Crippen LogP contribution in [0.3, 0.4) is 0 Å². The van der Waals surface area contributed by atoms with Crippen molar-refractivity contribution in [3.05, 3.63) is 12.2 Å². The molecular weight excluding hydrogens is 176 g/mol. The molecule has 5 unspecified atom stereocenters. The highest BCUT2D eigenvalue weighted by molar-refractivity contribution is 7.80. The second-order valence-corrected chi connectivity index (χ2v) is 5.49. The van der Waals surface area contributed by atoms with Crippen LogP contribution in [0.1, 0.15) is 25.7 Å². The van der Waals surface area contributed by atoms with Gasteiger partial charge in [0.25, 0.3) is 0 Å². The van der Waals surface area contributed by atoms with Crippen molar-refractivity contribution < 1.29 is 0 Å². The van der Waals surface area contributed by atoms with Gasteiger partial charge in [0.1, 0.15) is 0 Å². The third-order valence-electron chi connectivity index (χ3n) is 4.88. The smallest absolute Gasteiger partial charge is 0.00294 e. The van der Waals surface area contributed by atoms with E-state index in [0.29, 0.717) is 0 Å². The molecule has 0 aromatic rings. The lowest BCUT2D eigenvalue weighted by atomic mass is 9.74. The summed E-state index contributed by atoms with van der Waals surface area (Å²) in [6, 6.07) is 0. The van der Waals surface area contributed by atoms with Crippen molar-refractivity contribution in [2.24, 2.45) is 29.6 Å². The van der Waals surface area contributed by atoms with Crippen LogP contribution in [0.5, 0.6) is 0 Å². The predicted octanol–water partition coefficient (Wildman–Crippen LogP) is 3.15. The second kappa shape index (κ2) is 2.79. The van der Waals surface area contributed by atoms with Crippen LogP contribution in [-0.2, 0) is 0 Å². The highest BCUT2D eigenvalue weighted by Gasteiger charge is 2.54. The molecule has 0 radical (unpaired) electrons. The molecule has 0 nitrogen and oxygen atoms in total. The first-order chi connectivity index (χ1) is 6.33. The van der Waals surface area contributed by atoms with Crippen LogP contribution < -0.4 is 0 Å². The highest BCUT2D eigenvalue weighted by Crippen LogP contribution is 2.62. The van der Waals surface area contributed by atoms with E-state index in [1.807, 2.05) is 0 Å². The van der Waals surface area contributed by atoms with Gasteiger partial charge < -0.3 is 0 Å². The van der Waals surface area contributed by atoms with E-state index >= 15 is 0 Å². The van der Waals surface area contributed by atoms with Gasteiger partial charge in [0, 0.05) is 0 Å². The molecule has 0 N–H and O–H groups in total. The number of rotatable bonds is 1. The molecule has 0 amide bonds. The van der Waals surface area contributed by atoms with Gasteiger partial charge in [-0.1, -0.05) is 18.6 Å². The molecule has 13 heavy (non-hydrogen) atoms. The summed E-state index contributed by atoms with van der Waals surface area (Å²) >= 11 is 4.48. The number of allylic oxidation sites excluding steroid dienone is 1. The highest BCUT2D eigenvalue weighted by atomic mass is 32.1. The zero-order chi connectivity index (χ0) is 9.00. The van der Waals surface area contributed by atoms with Crippen molar-refractivity contribution >= 4 is 12.6 Å². The average molecular weight is 194 g/mol. The Balaban J connectivity index is 1.92. The van der Waals surface area contributed by atoms with Gasteiger partial charge in [0.05, 0.1) is 0 Å². The normalized spacial score (nSPS) is 53.0. The first-order valence-corrected chi connectivity index (χ1v) is 6.25. The molecule has 3 saturated carbocycles. The Morgan fingerprint density at radius 1 is 1.23 bits per heavy atom. The summed E-state index contributed by atoms with van der Waals surface area (Å²) in [6.07, 6.45) is 5.93. The van der Waals surface area contributed by atoms with Gasteiger partial charge in [-0.15, -0.1) is 0 Å². The number of fused-ring (bicyclic) bond motifs is 5. The molecule has 0 aromatic heterocycles. The largest absolute Gasteiger partial charge is 0.179 e. The number of hydrogen-bond acceptors (Lipinski definition) is 1. The number of hydrogen-bond donors (Lipinski definition) is 1. The molecule has 0 saturated heterocycles. The van der Waals surface area contributed by atoms with Crippen molar-refractivity contribution in [2.75, 3.05) is 5.75 Å². The van der Waals surface area contributed by atoms with Crippen LogP contribution in [0.4, 0.5) is 0 Å². The quantitative estimate of drug-likeness (QED) is 0.481. The molecule has 2 bridgehead atoms. The van der Waals surface area contributed by atoms with Crippen LogP contribution in [0.25, 0.3) is 0 Å². The molecule has 3 aliphatic carbocycles. The standard InChI is InChI=1S/C12H18S/c1-7-10-5-11(12(7)6-13)9-4-2-3-8(9)10/h8-13H,1-6H2. The van der Waals surface area contributed by atoms with E-state index in [1.54, 1.807) is 5.57 Å². The topological polar surface area (TPSA) is 0 Å². The lowest BCUT2D eigenvalue weighted by Crippen LogP contribution is -2.27. The Bertz CT molecular complexity index is 246. The third kappa shape index (κ3) is 0.945. The SMILES string of the molecule is C=C1C2CC(C1CS)C1CCCC21. The molecular formula is C12H18S. The first kappa shape index (κ1) is 8.40. The van der Waals surface area contributed by atoms with Gasteiger partial charge >= 0.3 is 0 Å². The van der Waals surface area contributed by atoms with E-state index in [0.717, 1.165) is 35.3 Å². The van der Waals surface area contributed by atoms with E-state index < -0.39 is 0 Å². The Morgan fingerprint density at radius 3 is 2.77 bits per heavy atom. The molecule has 1 heteroatoms. The molecule has 3 rings (SSSR count). The van der Waals surface area contributed by atoms with Crippen molar-refractivity contribution in [3.8, 4) is 0 Å². The fourth-order valence-corrected chi connectivity index (χ4v) is 4.89. The molecule has 0 spiro atoms. The van der Waals surface area contributed by atoms with Gasteiger partial charge in [-0.3, -0.25) is 0 Å². The van der Waals surface area contributed by atoms with Gasteiger partial charge in [0.15, 0.2) is 0 Å². The maximum atomic E-state index is 4.48.